The minimum atomic E-state index is 0.142. The fraction of sp³-hybridized carbons (Fsp3) is 0.533. The molecule has 1 aromatic rings. The first-order valence-electron chi connectivity index (χ1n) is 6.85. The van der Waals surface area contributed by atoms with Gasteiger partial charge in [0.2, 0.25) is 5.91 Å². The zero-order valence-electron chi connectivity index (χ0n) is 11.9. The van der Waals surface area contributed by atoms with Crippen LogP contribution in [0.2, 0.25) is 0 Å². The Morgan fingerprint density at radius 1 is 1.50 bits per heavy atom. The highest BCUT2D eigenvalue weighted by Gasteiger charge is 2.25. The van der Waals surface area contributed by atoms with Crippen LogP contribution >= 0.6 is 11.8 Å². The van der Waals surface area contributed by atoms with E-state index in [-0.39, 0.29) is 5.91 Å². The maximum atomic E-state index is 12.3. The van der Waals surface area contributed by atoms with E-state index in [1.54, 1.807) is 18.3 Å². The molecule has 1 amide bonds. The van der Waals surface area contributed by atoms with Crippen molar-refractivity contribution in [1.82, 2.24) is 9.88 Å². The summed E-state index contributed by atoms with van der Waals surface area (Å²) in [7, 11) is 0. The van der Waals surface area contributed by atoms with Crippen molar-refractivity contribution in [2.75, 3.05) is 18.8 Å². The molecule has 0 N–H and O–H groups in total. The third-order valence-corrected chi connectivity index (χ3v) is 4.44. The molecular weight excluding hydrogens is 270 g/mol. The Labute approximate surface area is 124 Å². The molecule has 0 aromatic carbocycles. The van der Waals surface area contributed by atoms with E-state index in [2.05, 4.69) is 24.9 Å². The van der Waals surface area contributed by atoms with Crippen LogP contribution in [0.15, 0.2) is 23.4 Å². The van der Waals surface area contributed by atoms with Crippen LogP contribution in [0.4, 0.5) is 0 Å². The smallest absolute Gasteiger partial charge is 0.233 e. The van der Waals surface area contributed by atoms with E-state index in [9.17, 15) is 4.79 Å². The number of carbonyl (C=O) groups excluding carboxylic acids is 1. The number of carbonyl (C=O) groups is 1. The number of pyridine rings is 1. The molecule has 4 nitrogen and oxygen atoms in total. The Hall–Kier alpha value is -1.54. The number of amides is 1. The van der Waals surface area contributed by atoms with Gasteiger partial charge in [0, 0.05) is 19.3 Å². The van der Waals surface area contributed by atoms with Gasteiger partial charge >= 0.3 is 0 Å². The standard InChI is InChI=1S/C15H19N3OS/c1-11-6-12(2)9-18(8-11)14(19)10-20-15-13(7-16)4-3-5-17-15/h3-5,11-12H,6,8-10H2,1-2H3. The molecule has 0 radical (unpaired) electrons. The molecule has 2 heterocycles. The van der Waals surface area contributed by atoms with Gasteiger partial charge in [-0.2, -0.15) is 5.26 Å². The van der Waals surface area contributed by atoms with E-state index in [4.69, 9.17) is 5.26 Å². The molecule has 0 saturated carbocycles. The molecule has 1 aliphatic heterocycles. The second-order valence-electron chi connectivity index (χ2n) is 5.50. The van der Waals surface area contributed by atoms with E-state index >= 15 is 0 Å². The van der Waals surface area contributed by atoms with Crippen molar-refractivity contribution in [2.45, 2.75) is 25.3 Å². The normalized spacial score (nSPS) is 22.4. The summed E-state index contributed by atoms with van der Waals surface area (Å²) in [5.41, 5.74) is 0.533. The van der Waals surface area contributed by atoms with E-state index < -0.39 is 0 Å². The van der Waals surface area contributed by atoms with E-state index in [0.717, 1.165) is 13.1 Å². The second kappa shape index (κ2) is 6.76. The summed E-state index contributed by atoms with van der Waals surface area (Å²) < 4.78 is 0. The van der Waals surface area contributed by atoms with Crippen LogP contribution in [0, 0.1) is 23.2 Å². The molecule has 1 aliphatic rings. The van der Waals surface area contributed by atoms with Gasteiger partial charge in [-0.3, -0.25) is 4.79 Å². The molecule has 1 aromatic heterocycles. The lowest BCUT2D eigenvalue weighted by Gasteiger charge is -2.35. The quantitative estimate of drug-likeness (QED) is 0.802. The second-order valence-corrected chi connectivity index (χ2v) is 6.47. The average molecular weight is 289 g/mol. The number of hydrogen-bond donors (Lipinski definition) is 0. The van der Waals surface area contributed by atoms with Crippen molar-refractivity contribution in [3.05, 3.63) is 23.9 Å². The van der Waals surface area contributed by atoms with Crippen molar-refractivity contribution in [3.8, 4) is 6.07 Å². The van der Waals surface area contributed by atoms with Gasteiger partial charge in [-0.1, -0.05) is 25.6 Å². The number of nitriles is 1. The van der Waals surface area contributed by atoms with Crippen LogP contribution in [-0.2, 0) is 4.79 Å². The molecule has 0 aliphatic carbocycles. The van der Waals surface area contributed by atoms with Gasteiger partial charge in [-0.05, 0) is 30.4 Å². The minimum Gasteiger partial charge on any atom is -0.341 e. The summed E-state index contributed by atoms with van der Waals surface area (Å²) >= 11 is 1.35. The van der Waals surface area contributed by atoms with Gasteiger partial charge in [0.05, 0.1) is 11.3 Å². The van der Waals surface area contributed by atoms with Gasteiger partial charge in [-0.15, -0.1) is 0 Å². The van der Waals surface area contributed by atoms with Gasteiger partial charge in [0.15, 0.2) is 0 Å². The molecule has 2 unspecified atom stereocenters. The number of rotatable bonds is 3. The van der Waals surface area contributed by atoms with Gasteiger partial charge in [0.1, 0.15) is 11.1 Å². The zero-order chi connectivity index (χ0) is 14.5. The zero-order valence-corrected chi connectivity index (χ0v) is 12.7. The third-order valence-electron chi connectivity index (χ3n) is 3.45. The monoisotopic (exact) mass is 289 g/mol. The summed E-state index contributed by atoms with van der Waals surface area (Å²) in [5.74, 6) is 1.63. The summed E-state index contributed by atoms with van der Waals surface area (Å²) in [4.78, 5) is 18.4. The Morgan fingerprint density at radius 2 is 2.20 bits per heavy atom. The van der Waals surface area contributed by atoms with E-state index in [1.807, 2.05) is 4.90 Å². The topological polar surface area (TPSA) is 57.0 Å². The molecule has 2 atom stereocenters. The van der Waals surface area contributed by atoms with E-state index in [0.29, 0.717) is 28.2 Å². The van der Waals surface area contributed by atoms with Crippen molar-refractivity contribution in [3.63, 3.8) is 0 Å². The van der Waals surface area contributed by atoms with Gasteiger partial charge in [0.25, 0.3) is 0 Å². The molecule has 1 saturated heterocycles. The first-order valence-corrected chi connectivity index (χ1v) is 7.84. The molecule has 0 spiro atoms. The number of hydrogen-bond acceptors (Lipinski definition) is 4. The summed E-state index contributed by atoms with van der Waals surface area (Å²) in [6, 6.07) is 5.57. The molecule has 20 heavy (non-hydrogen) atoms. The largest absolute Gasteiger partial charge is 0.341 e. The van der Waals surface area contributed by atoms with Crippen molar-refractivity contribution in [1.29, 1.82) is 5.26 Å². The summed E-state index contributed by atoms with van der Waals surface area (Å²) in [6.07, 6.45) is 2.84. The first-order chi connectivity index (χ1) is 9.60. The molecule has 106 valence electrons. The van der Waals surface area contributed by atoms with Crippen LogP contribution in [0.1, 0.15) is 25.8 Å². The van der Waals surface area contributed by atoms with Gasteiger partial charge < -0.3 is 4.90 Å². The average Bonchev–Trinajstić information content (AvgIpc) is 2.44. The molecular formula is C15H19N3OS. The fourth-order valence-corrected chi connectivity index (χ4v) is 3.53. The summed E-state index contributed by atoms with van der Waals surface area (Å²) in [6.45, 7) is 6.07. The number of thioether (sulfide) groups is 1. The van der Waals surface area contributed by atoms with Crippen molar-refractivity contribution >= 4 is 17.7 Å². The van der Waals surface area contributed by atoms with Crippen LogP contribution in [0.5, 0.6) is 0 Å². The highest BCUT2D eigenvalue weighted by molar-refractivity contribution is 7.99. The Morgan fingerprint density at radius 3 is 2.85 bits per heavy atom. The summed E-state index contributed by atoms with van der Waals surface area (Å²) in [5, 5.41) is 9.64. The highest BCUT2D eigenvalue weighted by atomic mass is 32.2. The predicted molar refractivity (Wildman–Crippen MR) is 79.2 cm³/mol. The molecule has 0 bridgehead atoms. The lowest BCUT2D eigenvalue weighted by Crippen LogP contribution is -2.43. The SMILES string of the molecule is CC1CC(C)CN(C(=O)CSc2ncccc2C#N)C1. The maximum Gasteiger partial charge on any atom is 0.233 e. The van der Waals surface area contributed by atoms with Crippen LogP contribution in [-0.4, -0.2) is 34.6 Å². The molecule has 2 rings (SSSR count). The Balaban J connectivity index is 1.94. The number of nitrogens with zero attached hydrogens (tertiary/aromatic N) is 3. The molecule has 1 fully saturated rings. The van der Waals surface area contributed by atoms with Crippen LogP contribution < -0.4 is 0 Å². The Bertz CT molecular complexity index is 516. The van der Waals surface area contributed by atoms with Crippen LogP contribution in [0.25, 0.3) is 0 Å². The first kappa shape index (κ1) is 14.9. The minimum absolute atomic E-state index is 0.142. The maximum absolute atomic E-state index is 12.3. The van der Waals surface area contributed by atoms with Crippen LogP contribution in [0.3, 0.4) is 0 Å². The fourth-order valence-electron chi connectivity index (χ4n) is 2.68. The predicted octanol–water partition coefficient (Wildman–Crippen LogP) is 2.55. The van der Waals surface area contributed by atoms with Gasteiger partial charge in [-0.25, -0.2) is 4.98 Å². The van der Waals surface area contributed by atoms with E-state index in [1.165, 1.54) is 18.2 Å². The number of piperidine rings is 1. The molecule has 5 heteroatoms. The Kier molecular flexibility index (Phi) is 5.02. The number of aromatic nitrogens is 1. The lowest BCUT2D eigenvalue weighted by molar-refractivity contribution is -0.130. The lowest BCUT2D eigenvalue weighted by atomic mass is 9.92. The third kappa shape index (κ3) is 3.73. The van der Waals surface area contributed by atoms with Crippen molar-refractivity contribution in [2.24, 2.45) is 11.8 Å². The highest BCUT2D eigenvalue weighted by Crippen LogP contribution is 2.24. The van der Waals surface area contributed by atoms with Crippen molar-refractivity contribution < 1.29 is 4.79 Å². The number of likely N-dealkylation sites (tertiary alicyclic amines) is 1.